The molecule has 1 aromatic carbocycles. The summed E-state index contributed by atoms with van der Waals surface area (Å²) in [6.45, 7) is 1.90. The number of aryl methyl sites for hydroxylation is 1. The molecule has 1 heterocycles. The SMILES string of the molecule is Cc1cc(C(O)CC2Cc3ccccc32)co1. The van der Waals surface area contributed by atoms with E-state index in [1.54, 1.807) is 6.26 Å². The van der Waals surface area contributed by atoms with Gasteiger partial charge in [0.1, 0.15) is 5.76 Å². The largest absolute Gasteiger partial charge is 0.469 e. The number of aliphatic hydroxyl groups excluding tert-OH is 1. The molecule has 0 amide bonds. The molecule has 3 rings (SSSR count). The molecule has 17 heavy (non-hydrogen) atoms. The van der Waals surface area contributed by atoms with Crippen LogP contribution in [-0.4, -0.2) is 5.11 Å². The summed E-state index contributed by atoms with van der Waals surface area (Å²) in [6.07, 6.45) is 3.12. The molecule has 0 radical (unpaired) electrons. The average Bonchev–Trinajstić information content (AvgIpc) is 2.73. The Balaban J connectivity index is 1.70. The van der Waals surface area contributed by atoms with E-state index in [0.717, 1.165) is 24.2 Å². The van der Waals surface area contributed by atoms with Crippen LogP contribution in [0.25, 0.3) is 0 Å². The van der Waals surface area contributed by atoms with Crippen molar-refractivity contribution >= 4 is 0 Å². The maximum Gasteiger partial charge on any atom is 0.101 e. The van der Waals surface area contributed by atoms with Crippen LogP contribution in [0, 0.1) is 6.92 Å². The van der Waals surface area contributed by atoms with Crippen LogP contribution in [0.5, 0.6) is 0 Å². The third-order valence-electron chi connectivity index (χ3n) is 3.60. The average molecular weight is 228 g/mol. The van der Waals surface area contributed by atoms with E-state index in [1.807, 2.05) is 13.0 Å². The van der Waals surface area contributed by atoms with Crippen LogP contribution in [-0.2, 0) is 6.42 Å². The fourth-order valence-electron chi connectivity index (χ4n) is 2.62. The summed E-state index contributed by atoms with van der Waals surface area (Å²) in [5.74, 6) is 1.35. The highest BCUT2D eigenvalue weighted by atomic mass is 16.3. The van der Waals surface area contributed by atoms with E-state index >= 15 is 0 Å². The van der Waals surface area contributed by atoms with Crippen molar-refractivity contribution in [2.24, 2.45) is 0 Å². The normalized spacial score (nSPS) is 19.5. The lowest BCUT2D eigenvalue weighted by Crippen LogP contribution is -2.19. The van der Waals surface area contributed by atoms with E-state index in [0.29, 0.717) is 5.92 Å². The van der Waals surface area contributed by atoms with Gasteiger partial charge in [0.05, 0.1) is 12.4 Å². The molecule has 2 aromatic rings. The fraction of sp³-hybridized carbons (Fsp3) is 0.333. The Morgan fingerprint density at radius 2 is 2.24 bits per heavy atom. The van der Waals surface area contributed by atoms with Crippen molar-refractivity contribution in [1.82, 2.24) is 0 Å². The first-order chi connectivity index (χ1) is 8.24. The van der Waals surface area contributed by atoms with Crippen LogP contribution in [0.2, 0.25) is 0 Å². The van der Waals surface area contributed by atoms with Gasteiger partial charge in [-0.25, -0.2) is 0 Å². The van der Waals surface area contributed by atoms with Gasteiger partial charge in [0.25, 0.3) is 0 Å². The Labute approximate surface area is 101 Å². The molecule has 1 aliphatic rings. The molecule has 2 nitrogen and oxygen atoms in total. The maximum atomic E-state index is 10.1. The highest BCUT2D eigenvalue weighted by molar-refractivity contribution is 5.40. The number of furan rings is 1. The second-order valence-electron chi connectivity index (χ2n) is 4.84. The third-order valence-corrected chi connectivity index (χ3v) is 3.60. The number of fused-ring (bicyclic) bond motifs is 1. The first-order valence-electron chi connectivity index (χ1n) is 6.05. The van der Waals surface area contributed by atoms with Gasteiger partial charge in [-0.3, -0.25) is 0 Å². The van der Waals surface area contributed by atoms with Gasteiger partial charge in [-0.2, -0.15) is 0 Å². The van der Waals surface area contributed by atoms with Gasteiger partial charge >= 0.3 is 0 Å². The van der Waals surface area contributed by atoms with Crippen molar-refractivity contribution in [3.05, 3.63) is 59.0 Å². The first kappa shape index (κ1) is 10.6. The first-order valence-corrected chi connectivity index (χ1v) is 6.05. The molecule has 0 spiro atoms. The van der Waals surface area contributed by atoms with Gasteiger partial charge in [-0.15, -0.1) is 0 Å². The molecule has 2 atom stereocenters. The van der Waals surface area contributed by atoms with Crippen molar-refractivity contribution in [2.45, 2.75) is 31.8 Å². The van der Waals surface area contributed by atoms with Crippen LogP contribution in [0.4, 0.5) is 0 Å². The van der Waals surface area contributed by atoms with Crippen molar-refractivity contribution in [1.29, 1.82) is 0 Å². The van der Waals surface area contributed by atoms with Crippen LogP contribution < -0.4 is 0 Å². The lowest BCUT2D eigenvalue weighted by molar-refractivity contribution is 0.153. The standard InChI is InChI=1S/C15H16O2/c1-10-6-13(9-17-10)15(16)8-12-7-11-4-2-3-5-14(11)12/h2-6,9,12,15-16H,7-8H2,1H3. The molecule has 1 aromatic heterocycles. The zero-order valence-corrected chi connectivity index (χ0v) is 9.89. The maximum absolute atomic E-state index is 10.1. The molecular weight excluding hydrogens is 212 g/mol. The number of hydrogen-bond acceptors (Lipinski definition) is 2. The number of hydrogen-bond donors (Lipinski definition) is 1. The smallest absolute Gasteiger partial charge is 0.101 e. The van der Waals surface area contributed by atoms with E-state index in [2.05, 4.69) is 24.3 Å². The second kappa shape index (κ2) is 4.04. The number of benzene rings is 1. The van der Waals surface area contributed by atoms with E-state index in [9.17, 15) is 5.11 Å². The Kier molecular flexibility index (Phi) is 2.52. The quantitative estimate of drug-likeness (QED) is 0.874. The molecule has 1 aliphatic carbocycles. The minimum absolute atomic E-state index is 0.411. The summed E-state index contributed by atoms with van der Waals surface area (Å²) in [4.78, 5) is 0. The van der Waals surface area contributed by atoms with Gasteiger partial charge in [0.15, 0.2) is 0 Å². The third kappa shape index (κ3) is 1.89. The van der Waals surface area contributed by atoms with E-state index in [-0.39, 0.29) is 0 Å². The molecule has 0 bridgehead atoms. The van der Waals surface area contributed by atoms with Crippen molar-refractivity contribution in [3.8, 4) is 0 Å². The Morgan fingerprint density at radius 1 is 1.41 bits per heavy atom. The topological polar surface area (TPSA) is 33.4 Å². The van der Waals surface area contributed by atoms with Crippen LogP contribution >= 0.6 is 0 Å². The summed E-state index contributed by atoms with van der Waals surface area (Å²) in [5.41, 5.74) is 3.71. The minimum Gasteiger partial charge on any atom is -0.469 e. The summed E-state index contributed by atoms with van der Waals surface area (Å²) in [6, 6.07) is 10.4. The van der Waals surface area contributed by atoms with E-state index in [4.69, 9.17) is 4.42 Å². The Bertz CT molecular complexity index is 527. The zero-order valence-electron chi connectivity index (χ0n) is 9.89. The van der Waals surface area contributed by atoms with Gasteiger partial charge in [-0.05, 0) is 42.9 Å². The molecule has 0 saturated heterocycles. The predicted molar refractivity (Wildman–Crippen MR) is 65.9 cm³/mol. The molecule has 2 unspecified atom stereocenters. The molecule has 1 N–H and O–H groups in total. The Hall–Kier alpha value is -1.54. The number of aliphatic hydroxyl groups is 1. The molecular formula is C15H16O2. The van der Waals surface area contributed by atoms with Crippen LogP contribution in [0.1, 0.15) is 40.9 Å². The van der Waals surface area contributed by atoms with Crippen molar-refractivity contribution < 1.29 is 9.52 Å². The molecule has 2 heteroatoms. The lowest BCUT2D eigenvalue weighted by atomic mass is 9.74. The molecule has 0 saturated carbocycles. The fourth-order valence-corrected chi connectivity index (χ4v) is 2.62. The van der Waals surface area contributed by atoms with Gasteiger partial charge in [-0.1, -0.05) is 24.3 Å². The summed E-state index contributed by atoms with van der Waals surface area (Å²) >= 11 is 0. The van der Waals surface area contributed by atoms with Crippen LogP contribution in [0.15, 0.2) is 41.0 Å². The van der Waals surface area contributed by atoms with Gasteiger partial charge in [0, 0.05) is 5.56 Å². The second-order valence-corrected chi connectivity index (χ2v) is 4.84. The molecule has 0 aliphatic heterocycles. The van der Waals surface area contributed by atoms with Gasteiger partial charge < -0.3 is 9.52 Å². The summed E-state index contributed by atoms with van der Waals surface area (Å²) in [5, 5.41) is 10.1. The van der Waals surface area contributed by atoms with E-state index < -0.39 is 6.10 Å². The zero-order chi connectivity index (χ0) is 11.8. The molecule has 0 fully saturated rings. The highest BCUT2D eigenvalue weighted by Crippen LogP contribution is 2.40. The minimum atomic E-state index is -0.411. The molecule has 88 valence electrons. The van der Waals surface area contributed by atoms with Crippen molar-refractivity contribution in [2.75, 3.05) is 0 Å². The summed E-state index contributed by atoms with van der Waals surface area (Å²) < 4.78 is 5.23. The highest BCUT2D eigenvalue weighted by Gasteiger charge is 2.28. The van der Waals surface area contributed by atoms with E-state index in [1.165, 1.54) is 11.1 Å². The number of rotatable bonds is 3. The monoisotopic (exact) mass is 228 g/mol. The van der Waals surface area contributed by atoms with Crippen LogP contribution in [0.3, 0.4) is 0 Å². The van der Waals surface area contributed by atoms with Crippen molar-refractivity contribution in [3.63, 3.8) is 0 Å². The predicted octanol–water partition coefficient (Wildman–Crippen LogP) is 3.35. The Morgan fingerprint density at radius 3 is 2.94 bits per heavy atom. The lowest BCUT2D eigenvalue weighted by Gasteiger charge is -2.31. The summed E-state index contributed by atoms with van der Waals surface area (Å²) in [7, 11) is 0. The van der Waals surface area contributed by atoms with Gasteiger partial charge in [0.2, 0.25) is 0 Å².